The Morgan fingerprint density at radius 2 is 1.87 bits per heavy atom. The van der Waals surface area contributed by atoms with Gasteiger partial charge in [0.05, 0.1) is 17.6 Å². The van der Waals surface area contributed by atoms with Crippen molar-refractivity contribution in [1.82, 2.24) is 9.78 Å². The third-order valence-corrected chi connectivity index (χ3v) is 6.02. The standard InChI is InChI=1S/C25H22FN3O/c26-20-11-13-21(14-12-20)29-25-19(8-4-10-23(25)24(28-29)16-27-30)15-18-7-3-6-17-5-1-2-9-22(17)18/h1-3,5-7,9,11-14,16,19,30H,4,8,10,15H2/b27-16+. The summed E-state index contributed by atoms with van der Waals surface area (Å²) in [6.45, 7) is 0. The predicted octanol–water partition coefficient (Wildman–Crippen LogP) is 5.64. The minimum Gasteiger partial charge on any atom is -0.411 e. The van der Waals surface area contributed by atoms with E-state index in [-0.39, 0.29) is 11.7 Å². The van der Waals surface area contributed by atoms with Crippen molar-refractivity contribution in [3.05, 3.63) is 95.1 Å². The van der Waals surface area contributed by atoms with Gasteiger partial charge in [0.25, 0.3) is 0 Å². The molecule has 0 radical (unpaired) electrons. The Hall–Kier alpha value is -3.47. The molecule has 0 spiro atoms. The Bertz CT molecular complexity index is 1220. The molecule has 0 saturated carbocycles. The predicted molar refractivity (Wildman–Crippen MR) is 116 cm³/mol. The van der Waals surface area contributed by atoms with Gasteiger partial charge in [0.1, 0.15) is 11.5 Å². The fraction of sp³-hybridized carbons (Fsp3) is 0.200. The summed E-state index contributed by atoms with van der Waals surface area (Å²) in [6, 6.07) is 21.3. The summed E-state index contributed by atoms with van der Waals surface area (Å²) in [5.74, 6) is 0.00201. The molecule has 5 heteroatoms. The first kappa shape index (κ1) is 18.6. The van der Waals surface area contributed by atoms with Gasteiger partial charge in [-0.25, -0.2) is 9.07 Å². The summed E-state index contributed by atoms with van der Waals surface area (Å²) in [7, 11) is 0. The monoisotopic (exact) mass is 399 g/mol. The SMILES string of the molecule is O/N=C/c1nn(-c2ccc(F)cc2)c2c1CCCC2Cc1cccc2ccccc12. The first-order valence-corrected chi connectivity index (χ1v) is 10.3. The molecule has 1 aliphatic rings. The van der Waals surface area contributed by atoms with Gasteiger partial charge in [-0.05, 0) is 66.3 Å². The minimum absolute atomic E-state index is 0.274. The summed E-state index contributed by atoms with van der Waals surface area (Å²) >= 11 is 0. The van der Waals surface area contributed by atoms with Crippen LogP contribution in [0.1, 0.15) is 41.3 Å². The number of fused-ring (bicyclic) bond motifs is 2. The Labute approximate surface area is 174 Å². The average molecular weight is 399 g/mol. The maximum Gasteiger partial charge on any atom is 0.123 e. The van der Waals surface area contributed by atoms with Gasteiger partial charge >= 0.3 is 0 Å². The third-order valence-electron chi connectivity index (χ3n) is 6.02. The van der Waals surface area contributed by atoms with Crippen LogP contribution in [0.5, 0.6) is 0 Å². The van der Waals surface area contributed by atoms with Crippen molar-refractivity contribution < 1.29 is 9.60 Å². The number of rotatable bonds is 4. The lowest BCUT2D eigenvalue weighted by atomic mass is 9.82. The summed E-state index contributed by atoms with van der Waals surface area (Å²) in [5.41, 5.74) is 5.06. The number of hydrogen-bond donors (Lipinski definition) is 1. The fourth-order valence-electron chi connectivity index (χ4n) is 4.69. The molecule has 5 rings (SSSR count). The van der Waals surface area contributed by atoms with Crippen LogP contribution in [0.3, 0.4) is 0 Å². The van der Waals surface area contributed by atoms with E-state index in [0.717, 1.165) is 42.6 Å². The Morgan fingerprint density at radius 1 is 1.07 bits per heavy atom. The van der Waals surface area contributed by atoms with Crippen LogP contribution in [0.2, 0.25) is 0 Å². The molecule has 3 aromatic carbocycles. The topological polar surface area (TPSA) is 50.4 Å². The molecule has 1 atom stereocenters. The highest BCUT2D eigenvalue weighted by atomic mass is 19.1. The lowest BCUT2D eigenvalue weighted by Gasteiger charge is -2.25. The van der Waals surface area contributed by atoms with Gasteiger partial charge in [-0.3, -0.25) is 0 Å². The van der Waals surface area contributed by atoms with Gasteiger partial charge in [-0.2, -0.15) is 5.10 Å². The van der Waals surface area contributed by atoms with Crippen LogP contribution in [0.15, 0.2) is 71.9 Å². The zero-order valence-electron chi connectivity index (χ0n) is 16.5. The highest BCUT2D eigenvalue weighted by molar-refractivity contribution is 5.85. The number of oxime groups is 1. The van der Waals surface area contributed by atoms with E-state index >= 15 is 0 Å². The lowest BCUT2D eigenvalue weighted by molar-refractivity contribution is 0.321. The molecule has 150 valence electrons. The van der Waals surface area contributed by atoms with Crippen molar-refractivity contribution in [3.63, 3.8) is 0 Å². The largest absolute Gasteiger partial charge is 0.411 e. The number of aromatic nitrogens is 2. The molecule has 0 saturated heterocycles. The maximum atomic E-state index is 13.5. The molecule has 1 unspecified atom stereocenters. The van der Waals surface area contributed by atoms with Gasteiger partial charge in [0.2, 0.25) is 0 Å². The van der Waals surface area contributed by atoms with Gasteiger partial charge in [-0.1, -0.05) is 47.6 Å². The Kier molecular flexibility index (Phi) is 4.79. The van der Waals surface area contributed by atoms with Crippen LogP contribution in [-0.2, 0) is 12.8 Å². The van der Waals surface area contributed by atoms with Crippen LogP contribution in [0.4, 0.5) is 4.39 Å². The summed E-state index contributed by atoms with van der Waals surface area (Å²) in [5, 5.41) is 19.6. The van der Waals surface area contributed by atoms with Crippen molar-refractivity contribution in [2.45, 2.75) is 31.6 Å². The lowest BCUT2D eigenvalue weighted by Crippen LogP contribution is -2.16. The van der Waals surface area contributed by atoms with Crippen LogP contribution in [-0.4, -0.2) is 21.2 Å². The van der Waals surface area contributed by atoms with Crippen LogP contribution in [0.25, 0.3) is 16.5 Å². The van der Waals surface area contributed by atoms with E-state index in [2.05, 4.69) is 47.6 Å². The first-order chi connectivity index (χ1) is 14.7. The van der Waals surface area contributed by atoms with Crippen LogP contribution >= 0.6 is 0 Å². The molecule has 1 aliphatic carbocycles. The normalized spacial score (nSPS) is 16.2. The highest BCUT2D eigenvalue weighted by Crippen LogP contribution is 2.38. The number of halogens is 1. The second kappa shape index (κ2) is 7.75. The van der Waals surface area contributed by atoms with Gasteiger partial charge in [0, 0.05) is 11.5 Å². The number of nitrogens with zero attached hydrogens (tertiary/aromatic N) is 3. The van der Waals surface area contributed by atoms with E-state index in [1.807, 2.05) is 4.68 Å². The van der Waals surface area contributed by atoms with E-state index in [4.69, 9.17) is 10.3 Å². The third kappa shape index (κ3) is 3.26. The summed E-state index contributed by atoms with van der Waals surface area (Å²) < 4.78 is 15.4. The zero-order valence-corrected chi connectivity index (χ0v) is 16.5. The first-order valence-electron chi connectivity index (χ1n) is 10.3. The van der Waals surface area contributed by atoms with Crippen molar-refractivity contribution in [2.75, 3.05) is 0 Å². The van der Waals surface area contributed by atoms with E-state index in [1.165, 1.54) is 34.7 Å². The molecule has 0 bridgehead atoms. The van der Waals surface area contributed by atoms with E-state index < -0.39 is 0 Å². The van der Waals surface area contributed by atoms with Crippen LogP contribution in [0, 0.1) is 5.82 Å². The zero-order chi connectivity index (χ0) is 20.5. The van der Waals surface area contributed by atoms with Crippen molar-refractivity contribution in [3.8, 4) is 5.69 Å². The molecular weight excluding hydrogens is 377 g/mol. The molecule has 30 heavy (non-hydrogen) atoms. The molecule has 4 aromatic rings. The molecule has 0 aliphatic heterocycles. The summed E-state index contributed by atoms with van der Waals surface area (Å²) in [6.07, 6.45) is 5.31. The quantitative estimate of drug-likeness (QED) is 0.274. The minimum atomic E-state index is -0.274. The number of benzene rings is 3. The van der Waals surface area contributed by atoms with Crippen molar-refractivity contribution >= 4 is 17.0 Å². The van der Waals surface area contributed by atoms with Gasteiger partial charge in [-0.15, -0.1) is 0 Å². The fourth-order valence-corrected chi connectivity index (χ4v) is 4.69. The highest BCUT2D eigenvalue weighted by Gasteiger charge is 2.29. The molecule has 1 aromatic heterocycles. The molecule has 1 heterocycles. The maximum absolute atomic E-state index is 13.5. The molecule has 4 nitrogen and oxygen atoms in total. The molecule has 0 fully saturated rings. The van der Waals surface area contributed by atoms with E-state index in [9.17, 15) is 4.39 Å². The number of hydrogen-bond acceptors (Lipinski definition) is 3. The van der Waals surface area contributed by atoms with E-state index in [1.54, 1.807) is 12.1 Å². The molecular formula is C25H22FN3O. The summed E-state index contributed by atoms with van der Waals surface area (Å²) in [4.78, 5) is 0. The second-order valence-electron chi connectivity index (χ2n) is 7.81. The molecule has 1 N–H and O–H groups in total. The van der Waals surface area contributed by atoms with E-state index in [0.29, 0.717) is 5.69 Å². The Balaban J connectivity index is 1.62. The van der Waals surface area contributed by atoms with Crippen LogP contribution < -0.4 is 0 Å². The average Bonchev–Trinajstić information content (AvgIpc) is 3.14. The Morgan fingerprint density at radius 3 is 2.70 bits per heavy atom. The second-order valence-corrected chi connectivity index (χ2v) is 7.81. The van der Waals surface area contributed by atoms with Gasteiger partial charge < -0.3 is 5.21 Å². The molecule has 0 amide bonds. The smallest absolute Gasteiger partial charge is 0.123 e. The van der Waals surface area contributed by atoms with Crippen molar-refractivity contribution in [2.24, 2.45) is 5.16 Å². The van der Waals surface area contributed by atoms with Gasteiger partial charge in [0.15, 0.2) is 0 Å². The van der Waals surface area contributed by atoms with Crippen molar-refractivity contribution in [1.29, 1.82) is 0 Å².